The van der Waals surface area contributed by atoms with Gasteiger partial charge in [-0.05, 0) is 0 Å². The number of benzene rings is 1. The number of rotatable bonds is 1. The predicted molar refractivity (Wildman–Crippen MR) is 50.8 cm³/mol. The molecule has 5 heteroatoms. The van der Waals surface area contributed by atoms with Crippen molar-refractivity contribution in [3.05, 3.63) is 23.3 Å². The number of anilines is 1. The van der Waals surface area contributed by atoms with Crippen molar-refractivity contribution < 1.29 is 11.9 Å². The molecule has 0 saturated carbocycles. The van der Waals surface area contributed by atoms with E-state index in [4.69, 9.17) is 13.9 Å². The fourth-order valence-electron chi connectivity index (χ4n) is 1.39. The van der Waals surface area contributed by atoms with Crippen molar-refractivity contribution in [2.24, 2.45) is 0 Å². The van der Waals surface area contributed by atoms with Gasteiger partial charge in [-0.3, -0.25) is 0 Å². The molecular weight excluding hydrogens is 233 g/mol. The summed E-state index contributed by atoms with van der Waals surface area (Å²) < 4.78 is 29.1. The van der Waals surface area contributed by atoms with Crippen LogP contribution < -0.4 is 10.1 Å². The summed E-state index contributed by atoms with van der Waals surface area (Å²) in [6.07, 6.45) is 0. The molecule has 72 valence electrons. The van der Waals surface area contributed by atoms with Gasteiger partial charge in [-0.25, -0.2) is 0 Å². The van der Waals surface area contributed by atoms with Gasteiger partial charge < -0.3 is 0 Å². The van der Waals surface area contributed by atoms with E-state index < -0.39 is 14.2 Å². The van der Waals surface area contributed by atoms with Gasteiger partial charge in [0, 0.05) is 0 Å². The van der Waals surface area contributed by atoms with Gasteiger partial charge in [-0.15, -0.1) is 0 Å². The molecule has 0 bridgehead atoms. The van der Waals surface area contributed by atoms with E-state index in [0.29, 0.717) is 5.56 Å². The van der Waals surface area contributed by atoms with E-state index in [0.717, 1.165) is 5.56 Å². The fraction of sp³-hybridized carbons (Fsp3) is 0.250. The quantitative estimate of drug-likeness (QED) is 0.457. The molecule has 4 nitrogen and oxygen atoms in total. The SMILES string of the molecule is Cc1cc(C)c([As](=O)(O)O)c(N)c1. The van der Waals surface area contributed by atoms with Crippen LogP contribution in [0.25, 0.3) is 0 Å². The number of hydrogen-bond acceptors (Lipinski definition) is 2. The van der Waals surface area contributed by atoms with Gasteiger partial charge in [0.25, 0.3) is 0 Å². The van der Waals surface area contributed by atoms with Crippen molar-refractivity contribution >= 4 is 24.2 Å². The van der Waals surface area contributed by atoms with Crippen LogP contribution in [0.3, 0.4) is 0 Å². The number of hydrogen-bond donors (Lipinski definition) is 3. The van der Waals surface area contributed by atoms with Crippen molar-refractivity contribution in [2.45, 2.75) is 13.8 Å². The van der Waals surface area contributed by atoms with E-state index in [9.17, 15) is 3.74 Å². The zero-order valence-electron chi connectivity index (χ0n) is 7.48. The van der Waals surface area contributed by atoms with E-state index in [1.54, 1.807) is 19.1 Å². The molecule has 0 spiro atoms. The summed E-state index contributed by atoms with van der Waals surface area (Å²) in [6, 6.07) is 3.29. The van der Waals surface area contributed by atoms with E-state index in [2.05, 4.69) is 0 Å². The topological polar surface area (TPSA) is 83.5 Å². The standard InChI is InChI=1S/C8H12AsNO3/c1-5-3-6(2)8(7(10)4-5)9(11,12)13/h3-4H,10H2,1-2H3,(H2,11,12,13). The van der Waals surface area contributed by atoms with Crippen molar-refractivity contribution in [1.82, 2.24) is 0 Å². The second-order valence-electron chi connectivity index (χ2n) is 3.06. The Bertz CT molecular complexity index is 360. The fourth-order valence-corrected chi connectivity index (χ4v) is 3.33. The van der Waals surface area contributed by atoms with Crippen molar-refractivity contribution in [2.75, 3.05) is 5.73 Å². The minimum absolute atomic E-state index is 0.00345. The molecule has 13 heavy (non-hydrogen) atoms. The van der Waals surface area contributed by atoms with Crippen LogP contribution in [-0.2, 0) is 3.74 Å². The Morgan fingerprint density at radius 2 is 1.85 bits per heavy atom. The third-order valence-corrected chi connectivity index (χ3v) is 4.27. The van der Waals surface area contributed by atoms with E-state index in [-0.39, 0.29) is 10.0 Å². The maximum absolute atomic E-state index is 11.1. The molecule has 4 N–H and O–H groups in total. The van der Waals surface area contributed by atoms with E-state index >= 15 is 0 Å². The van der Waals surface area contributed by atoms with Crippen molar-refractivity contribution in [1.29, 1.82) is 0 Å². The molecule has 0 atom stereocenters. The molecule has 0 aliphatic carbocycles. The monoisotopic (exact) mass is 245 g/mol. The molecule has 1 aromatic rings. The zero-order chi connectivity index (χ0) is 10.2. The summed E-state index contributed by atoms with van der Waals surface area (Å²) in [4.78, 5) is 0. The Morgan fingerprint density at radius 3 is 2.23 bits per heavy atom. The summed E-state index contributed by atoms with van der Waals surface area (Å²) in [6.45, 7) is 3.48. The molecule has 0 radical (unpaired) electrons. The van der Waals surface area contributed by atoms with E-state index in [1.165, 1.54) is 0 Å². The summed E-state index contributed by atoms with van der Waals surface area (Å²) in [5, 5.41) is 0. The van der Waals surface area contributed by atoms with Crippen LogP contribution >= 0.6 is 0 Å². The first-order valence-electron chi connectivity index (χ1n) is 3.75. The average Bonchev–Trinajstić information content (AvgIpc) is 1.78. The Labute approximate surface area is 79.4 Å². The van der Waals surface area contributed by atoms with Crippen LogP contribution in [0.2, 0.25) is 0 Å². The average molecular weight is 245 g/mol. The first kappa shape index (κ1) is 10.4. The van der Waals surface area contributed by atoms with Crippen LogP contribution in [0.4, 0.5) is 5.69 Å². The predicted octanol–water partition coefficient (Wildman–Crippen LogP) is -0.553. The van der Waals surface area contributed by atoms with Gasteiger partial charge in [-0.1, -0.05) is 0 Å². The van der Waals surface area contributed by atoms with Crippen LogP contribution in [0, 0.1) is 13.8 Å². The molecule has 1 aromatic carbocycles. The number of nitrogens with two attached hydrogens (primary N) is 1. The Morgan fingerprint density at radius 1 is 1.31 bits per heavy atom. The van der Waals surface area contributed by atoms with Gasteiger partial charge in [-0.2, -0.15) is 0 Å². The minimum atomic E-state index is -4.86. The Kier molecular flexibility index (Phi) is 2.57. The Hall–Kier alpha value is -0.702. The molecule has 0 fully saturated rings. The van der Waals surface area contributed by atoms with Crippen molar-refractivity contribution in [3.63, 3.8) is 0 Å². The molecule has 0 aliphatic heterocycles. The third-order valence-electron chi connectivity index (χ3n) is 1.77. The molecule has 1 rings (SSSR count). The first-order chi connectivity index (χ1) is 5.82. The summed E-state index contributed by atoms with van der Waals surface area (Å²) >= 11 is -4.86. The van der Waals surface area contributed by atoms with Gasteiger partial charge in [0.1, 0.15) is 0 Å². The van der Waals surface area contributed by atoms with E-state index in [1.807, 2.05) is 6.92 Å². The maximum atomic E-state index is 11.1. The van der Waals surface area contributed by atoms with Crippen LogP contribution in [-0.4, -0.2) is 22.4 Å². The van der Waals surface area contributed by atoms with Gasteiger partial charge in [0.15, 0.2) is 0 Å². The number of nitrogen functional groups attached to an aromatic ring is 1. The van der Waals surface area contributed by atoms with Gasteiger partial charge >= 0.3 is 79.0 Å². The molecule has 0 aromatic heterocycles. The van der Waals surface area contributed by atoms with Crippen LogP contribution in [0.1, 0.15) is 11.1 Å². The third kappa shape index (κ3) is 2.15. The second-order valence-corrected chi connectivity index (χ2v) is 6.28. The molecular formula is C8H12AsNO3. The Balaban J connectivity index is 3.47. The zero-order valence-corrected chi connectivity index (χ0v) is 9.36. The van der Waals surface area contributed by atoms with Crippen LogP contribution in [0.15, 0.2) is 12.1 Å². The van der Waals surface area contributed by atoms with Gasteiger partial charge in [0.2, 0.25) is 0 Å². The molecule has 0 heterocycles. The summed E-state index contributed by atoms with van der Waals surface area (Å²) in [5.41, 5.74) is 7.18. The normalized spacial score (nSPS) is 11.7. The molecule has 0 saturated heterocycles. The molecule has 0 aliphatic rings. The molecule has 0 amide bonds. The van der Waals surface area contributed by atoms with Crippen molar-refractivity contribution in [3.8, 4) is 0 Å². The summed E-state index contributed by atoms with van der Waals surface area (Å²) in [5.74, 6) is 0. The van der Waals surface area contributed by atoms with Crippen LogP contribution in [0.5, 0.6) is 0 Å². The second kappa shape index (κ2) is 3.22. The number of aryl methyl sites for hydroxylation is 2. The van der Waals surface area contributed by atoms with Gasteiger partial charge in [0.05, 0.1) is 0 Å². The summed E-state index contributed by atoms with van der Waals surface area (Å²) in [7, 11) is 0. The first-order valence-corrected chi connectivity index (χ1v) is 7.13. The molecule has 0 unspecified atom stereocenters.